The fourth-order valence-corrected chi connectivity index (χ4v) is 3.46. The first kappa shape index (κ1) is 14.0. The van der Waals surface area contributed by atoms with E-state index in [1.807, 2.05) is 12.1 Å². The average molecular weight is 328 g/mol. The topological polar surface area (TPSA) is 33.2 Å². The summed E-state index contributed by atoms with van der Waals surface area (Å²) in [5.74, 6) is -2.94. The third-order valence-electron chi connectivity index (χ3n) is 3.88. The Morgan fingerprint density at radius 1 is 1.04 bits per heavy atom. The van der Waals surface area contributed by atoms with E-state index in [0.717, 1.165) is 11.6 Å². The molecule has 6 heteroatoms. The monoisotopic (exact) mass is 328 g/mol. The lowest BCUT2D eigenvalue weighted by Crippen LogP contribution is -2.25. The molecule has 0 radical (unpaired) electrons. The molecule has 0 bridgehead atoms. The number of carbonyl (C=O) groups is 1. The molecule has 1 amide bonds. The summed E-state index contributed by atoms with van der Waals surface area (Å²) in [7, 11) is 0. The van der Waals surface area contributed by atoms with Crippen molar-refractivity contribution >= 4 is 28.6 Å². The average Bonchev–Trinajstić information content (AvgIpc) is 3.16. The number of halogens is 2. The highest BCUT2D eigenvalue weighted by molar-refractivity contribution is 7.07. The fourth-order valence-electron chi connectivity index (χ4n) is 2.88. The number of aromatic nitrogens is 1. The quantitative estimate of drug-likeness (QED) is 0.705. The van der Waals surface area contributed by atoms with Gasteiger partial charge in [0.15, 0.2) is 11.6 Å². The van der Waals surface area contributed by atoms with Crippen molar-refractivity contribution in [3.8, 4) is 0 Å². The molecule has 3 aromatic rings. The standard InChI is InChI=1S/C17H10F2N2OS/c18-11-5-3-7-14(16(11)19)21-13-6-2-1-4-10(13)15(17(21)22)12-8-23-9-20-12/h1-9,15H. The Bertz CT molecular complexity index is 895. The Labute approximate surface area is 134 Å². The van der Waals surface area contributed by atoms with Crippen LogP contribution in [0.3, 0.4) is 0 Å². The van der Waals surface area contributed by atoms with Gasteiger partial charge in [-0.1, -0.05) is 24.3 Å². The van der Waals surface area contributed by atoms with Crippen LogP contribution in [-0.4, -0.2) is 10.9 Å². The number of nitrogens with zero attached hydrogens (tertiary/aromatic N) is 2. The molecule has 1 unspecified atom stereocenters. The molecule has 23 heavy (non-hydrogen) atoms. The SMILES string of the molecule is O=C1C(c2cscn2)c2ccccc2N1c1cccc(F)c1F. The number of carbonyl (C=O) groups excluding carboxylic acids is 1. The largest absolute Gasteiger partial charge is 0.277 e. The van der Waals surface area contributed by atoms with Crippen LogP contribution in [0.5, 0.6) is 0 Å². The highest BCUT2D eigenvalue weighted by Crippen LogP contribution is 2.45. The van der Waals surface area contributed by atoms with Crippen molar-refractivity contribution in [1.29, 1.82) is 0 Å². The summed E-state index contributed by atoms with van der Waals surface area (Å²) < 4.78 is 27.8. The van der Waals surface area contributed by atoms with Crippen LogP contribution in [0.15, 0.2) is 53.4 Å². The number of hydrogen-bond donors (Lipinski definition) is 0. The molecule has 1 aliphatic heterocycles. The van der Waals surface area contributed by atoms with Crippen LogP contribution in [0.25, 0.3) is 0 Å². The van der Waals surface area contributed by atoms with Gasteiger partial charge in [0.2, 0.25) is 5.91 Å². The minimum Gasteiger partial charge on any atom is -0.277 e. The van der Waals surface area contributed by atoms with Gasteiger partial charge in [0.25, 0.3) is 0 Å². The van der Waals surface area contributed by atoms with Gasteiger partial charge >= 0.3 is 0 Å². The summed E-state index contributed by atoms with van der Waals surface area (Å²) >= 11 is 1.39. The molecule has 2 heterocycles. The lowest BCUT2D eigenvalue weighted by atomic mass is 9.98. The van der Waals surface area contributed by atoms with Crippen LogP contribution >= 0.6 is 11.3 Å². The van der Waals surface area contributed by atoms with Gasteiger partial charge in [0, 0.05) is 5.38 Å². The molecule has 1 atom stereocenters. The minimum absolute atomic E-state index is 0.0832. The Morgan fingerprint density at radius 2 is 1.83 bits per heavy atom. The lowest BCUT2D eigenvalue weighted by Gasteiger charge is -2.18. The van der Waals surface area contributed by atoms with E-state index in [4.69, 9.17) is 0 Å². The summed E-state index contributed by atoms with van der Waals surface area (Å²) in [5, 5.41) is 1.80. The normalized spacial score (nSPS) is 16.7. The highest BCUT2D eigenvalue weighted by Gasteiger charge is 2.41. The Morgan fingerprint density at radius 3 is 2.61 bits per heavy atom. The summed E-state index contributed by atoms with van der Waals surface area (Å²) in [5.41, 5.74) is 3.48. The molecule has 3 nitrogen and oxygen atoms in total. The molecule has 0 aliphatic carbocycles. The number of hydrogen-bond acceptors (Lipinski definition) is 3. The number of thiazole rings is 1. The van der Waals surface area contributed by atoms with Crippen molar-refractivity contribution in [2.24, 2.45) is 0 Å². The lowest BCUT2D eigenvalue weighted by molar-refractivity contribution is -0.117. The molecule has 1 aliphatic rings. The summed E-state index contributed by atoms with van der Waals surface area (Å²) in [6.45, 7) is 0. The molecule has 0 spiro atoms. The Balaban J connectivity index is 1.92. The molecule has 2 aromatic carbocycles. The maximum Gasteiger partial charge on any atom is 0.245 e. The third-order valence-corrected chi connectivity index (χ3v) is 4.48. The van der Waals surface area contributed by atoms with Crippen LogP contribution in [0.1, 0.15) is 17.2 Å². The summed E-state index contributed by atoms with van der Waals surface area (Å²) in [4.78, 5) is 18.4. The van der Waals surface area contributed by atoms with E-state index < -0.39 is 17.6 Å². The maximum atomic E-state index is 14.2. The van der Waals surface area contributed by atoms with E-state index in [1.165, 1.54) is 28.4 Å². The first-order valence-corrected chi connectivity index (χ1v) is 7.87. The smallest absolute Gasteiger partial charge is 0.245 e. The molecule has 114 valence electrons. The highest BCUT2D eigenvalue weighted by atomic mass is 32.1. The Hall–Kier alpha value is -2.60. The van der Waals surface area contributed by atoms with Gasteiger partial charge in [-0.25, -0.2) is 13.8 Å². The van der Waals surface area contributed by atoms with Crippen molar-refractivity contribution in [3.05, 3.63) is 76.2 Å². The second-order valence-corrected chi connectivity index (χ2v) is 5.87. The van der Waals surface area contributed by atoms with Crippen molar-refractivity contribution in [2.75, 3.05) is 4.90 Å². The maximum absolute atomic E-state index is 14.2. The van der Waals surface area contributed by atoms with E-state index in [0.29, 0.717) is 11.4 Å². The first-order valence-electron chi connectivity index (χ1n) is 6.93. The fraction of sp³-hybridized carbons (Fsp3) is 0.0588. The predicted octanol–water partition coefficient (Wildman–Crippen LogP) is 4.23. The van der Waals surface area contributed by atoms with Crippen LogP contribution in [0, 0.1) is 11.6 Å². The molecule has 0 N–H and O–H groups in total. The predicted molar refractivity (Wildman–Crippen MR) is 83.9 cm³/mol. The van der Waals surface area contributed by atoms with Gasteiger partial charge < -0.3 is 0 Å². The van der Waals surface area contributed by atoms with E-state index in [2.05, 4.69) is 4.98 Å². The molecule has 0 saturated heterocycles. The second-order valence-electron chi connectivity index (χ2n) is 5.15. The van der Waals surface area contributed by atoms with E-state index in [9.17, 15) is 13.6 Å². The number of fused-ring (bicyclic) bond motifs is 1. The number of rotatable bonds is 2. The molecule has 1 aromatic heterocycles. The van der Waals surface area contributed by atoms with Crippen LogP contribution in [0.2, 0.25) is 0 Å². The molecule has 0 saturated carbocycles. The van der Waals surface area contributed by atoms with Crippen molar-refractivity contribution in [3.63, 3.8) is 0 Å². The second kappa shape index (κ2) is 5.24. The molecular weight excluding hydrogens is 318 g/mol. The molecule has 0 fully saturated rings. The molecular formula is C17H10F2N2OS. The van der Waals surface area contributed by atoms with Gasteiger partial charge in [-0.15, -0.1) is 11.3 Å². The van der Waals surface area contributed by atoms with Crippen molar-refractivity contribution in [2.45, 2.75) is 5.92 Å². The van der Waals surface area contributed by atoms with E-state index in [1.54, 1.807) is 23.0 Å². The minimum atomic E-state index is -1.03. The zero-order chi connectivity index (χ0) is 16.0. The Kier molecular flexibility index (Phi) is 3.20. The number of anilines is 2. The summed E-state index contributed by atoms with van der Waals surface area (Å²) in [6, 6.07) is 10.9. The third kappa shape index (κ3) is 2.06. The van der Waals surface area contributed by atoms with Gasteiger partial charge in [0.05, 0.1) is 22.6 Å². The number of para-hydroxylation sites is 1. The van der Waals surface area contributed by atoms with Crippen LogP contribution in [-0.2, 0) is 4.79 Å². The summed E-state index contributed by atoms with van der Waals surface area (Å²) in [6.07, 6.45) is 0. The zero-order valence-electron chi connectivity index (χ0n) is 11.7. The van der Waals surface area contributed by atoms with Gasteiger partial charge in [-0.3, -0.25) is 9.69 Å². The number of benzene rings is 2. The number of amides is 1. The van der Waals surface area contributed by atoms with Gasteiger partial charge in [0.1, 0.15) is 5.92 Å². The van der Waals surface area contributed by atoms with E-state index in [-0.39, 0.29) is 11.6 Å². The first-order chi connectivity index (χ1) is 11.2. The zero-order valence-corrected chi connectivity index (χ0v) is 12.6. The van der Waals surface area contributed by atoms with Crippen molar-refractivity contribution < 1.29 is 13.6 Å². The van der Waals surface area contributed by atoms with E-state index >= 15 is 0 Å². The van der Waals surface area contributed by atoms with Crippen LogP contribution in [0.4, 0.5) is 20.2 Å². The van der Waals surface area contributed by atoms with Gasteiger partial charge in [-0.05, 0) is 23.8 Å². The van der Waals surface area contributed by atoms with Crippen LogP contribution < -0.4 is 4.90 Å². The van der Waals surface area contributed by atoms with Crippen molar-refractivity contribution in [1.82, 2.24) is 4.98 Å². The van der Waals surface area contributed by atoms with Gasteiger partial charge in [-0.2, -0.15) is 0 Å². The molecule has 4 rings (SSSR count).